The van der Waals surface area contributed by atoms with Gasteiger partial charge in [0.2, 0.25) is 0 Å². The Morgan fingerprint density at radius 1 is 0.593 bits per heavy atom. The summed E-state index contributed by atoms with van der Waals surface area (Å²) in [6.07, 6.45) is 0. The molecule has 0 spiro atoms. The Morgan fingerprint density at radius 3 is 0.852 bits per heavy atom. The van der Waals surface area contributed by atoms with Crippen molar-refractivity contribution in [1.29, 1.82) is 0 Å². The van der Waals surface area contributed by atoms with Gasteiger partial charge in [0.25, 0.3) is 0 Å². The van der Waals surface area contributed by atoms with Gasteiger partial charge in [-0.2, -0.15) is 15.6 Å². The van der Waals surface area contributed by atoms with Crippen molar-refractivity contribution in [2.24, 2.45) is 0 Å². The smallest absolute Gasteiger partial charge is 0.115 e. The van der Waals surface area contributed by atoms with E-state index in [1.54, 1.807) is 24.3 Å². The van der Waals surface area contributed by atoms with Crippen LogP contribution in [0.25, 0.3) is 0 Å². The molecule has 0 radical (unpaired) electrons. The summed E-state index contributed by atoms with van der Waals surface area (Å²) in [5, 5.41) is 17.5. The van der Waals surface area contributed by atoms with E-state index in [-0.39, 0.29) is 21.1 Å². The fraction of sp³-hybridized carbons (Fsp3) is 0.143. The van der Waals surface area contributed by atoms with Gasteiger partial charge in [-0.15, -0.1) is 0 Å². The molecule has 0 saturated carbocycles. The van der Waals surface area contributed by atoms with E-state index < -0.39 is 15.6 Å². The number of phenolic OH excluding ortho intramolecular Hbond substituents is 2. The van der Waals surface area contributed by atoms with E-state index >= 15 is 0 Å². The van der Waals surface area contributed by atoms with Gasteiger partial charge in [-0.3, -0.25) is 0 Å². The molecule has 0 saturated heterocycles. The summed E-state index contributed by atoms with van der Waals surface area (Å²) in [4.78, 5) is 51.3. The monoisotopic (exact) mass is 504 g/mol. The molecule has 154 valence electrons. The Labute approximate surface area is 170 Å². The minimum Gasteiger partial charge on any atom is -0.822 e. The summed E-state index contributed by atoms with van der Waals surface area (Å²) in [6.45, 7) is 3.97. The molecule has 0 amide bonds. The Balaban J connectivity index is -0.000000289. The summed E-state index contributed by atoms with van der Waals surface area (Å²) in [6, 6.07) is 14.2. The van der Waals surface area contributed by atoms with Crippen LogP contribution in [0.4, 0.5) is 0 Å². The van der Waals surface area contributed by atoms with E-state index in [0.29, 0.717) is 11.5 Å². The van der Waals surface area contributed by atoms with Crippen molar-refractivity contribution in [2.75, 3.05) is 0 Å². The first kappa shape index (κ1) is 30.7. The molecule has 2 aromatic carbocycles. The Bertz CT molecular complexity index is 588. The van der Waals surface area contributed by atoms with Gasteiger partial charge >= 0.3 is 0 Å². The van der Waals surface area contributed by atoms with Crippen LogP contribution in [-0.4, -0.2) is 10.2 Å². The van der Waals surface area contributed by atoms with Gasteiger partial charge < -0.3 is 48.7 Å². The van der Waals surface area contributed by atoms with Crippen molar-refractivity contribution >= 4 is 15.6 Å². The standard InChI is InChI=1S/2C7H8O.Mo.2H3O4P/c2*1-6-2-4-7(8)5-3-6;;2*1-5(2,3)4/h2*2-5,8H,1H3;;2*(H3,1,2,3,4)/p-6. The minimum absolute atomic E-state index is 0. The van der Waals surface area contributed by atoms with Crippen LogP contribution in [0.2, 0.25) is 0 Å². The second kappa shape index (κ2) is 14.9. The topological polar surface area (TPSA) is 213 Å². The third-order valence-corrected chi connectivity index (χ3v) is 2.07. The first-order valence-electron chi connectivity index (χ1n) is 6.55. The van der Waals surface area contributed by atoms with E-state index in [2.05, 4.69) is 0 Å². The number of phosphoric acid groups is 2. The zero-order chi connectivity index (χ0) is 21.0. The van der Waals surface area contributed by atoms with E-state index in [1.165, 1.54) is 11.1 Å². The van der Waals surface area contributed by atoms with Gasteiger partial charge in [0.05, 0.1) is 0 Å². The molecule has 2 N–H and O–H groups in total. The summed E-state index contributed by atoms with van der Waals surface area (Å²) in [7, 11) is -10.8. The zero-order valence-electron chi connectivity index (χ0n) is 14.1. The molecule has 27 heavy (non-hydrogen) atoms. The van der Waals surface area contributed by atoms with E-state index in [0.717, 1.165) is 0 Å². The van der Waals surface area contributed by atoms with Crippen molar-refractivity contribution in [3.63, 3.8) is 0 Å². The summed E-state index contributed by atoms with van der Waals surface area (Å²) >= 11 is 0. The van der Waals surface area contributed by atoms with Crippen molar-refractivity contribution < 1.29 is 69.8 Å². The molecular formula is C14H16MoO10P2-6. The molecule has 0 aliphatic heterocycles. The third-order valence-electron chi connectivity index (χ3n) is 2.07. The van der Waals surface area contributed by atoms with Gasteiger partial charge in [0, 0.05) is 21.1 Å². The normalized spacial score (nSPS) is 9.78. The molecule has 10 nitrogen and oxygen atoms in total. The van der Waals surface area contributed by atoms with Crippen molar-refractivity contribution in [1.82, 2.24) is 0 Å². The maximum absolute atomic E-state index is 8.76. The van der Waals surface area contributed by atoms with Crippen LogP contribution in [0.1, 0.15) is 11.1 Å². The molecule has 2 aromatic rings. The molecule has 13 heteroatoms. The molecule has 0 atom stereocenters. The third kappa shape index (κ3) is 36.6. The maximum atomic E-state index is 8.76. The quantitative estimate of drug-likeness (QED) is 0.292. The SMILES string of the molecule is Cc1ccc(O)cc1.Cc1ccc(O)cc1.O=P([O-])([O-])[O-].O=P([O-])([O-])[O-].[Mo]. The van der Waals surface area contributed by atoms with Crippen molar-refractivity contribution in [2.45, 2.75) is 13.8 Å². The van der Waals surface area contributed by atoms with E-state index in [4.69, 9.17) is 48.7 Å². The fourth-order valence-corrected chi connectivity index (χ4v) is 1.09. The number of rotatable bonds is 0. The van der Waals surface area contributed by atoms with Crippen LogP contribution in [0, 0.1) is 13.8 Å². The van der Waals surface area contributed by atoms with Crippen LogP contribution in [0.3, 0.4) is 0 Å². The van der Waals surface area contributed by atoms with Crippen LogP contribution in [-0.2, 0) is 30.2 Å². The first-order valence-corrected chi connectivity index (χ1v) is 9.47. The van der Waals surface area contributed by atoms with Crippen LogP contribution in [0.5, 0.6) is 11.5 Å². The molecule has 0 aliphatic rings. The average Bonchev–Trinajstić information content (AvgIpc) is 2.42. The Hall–Kier alpha value is -1.05. The Morgan fingerprint density at radius 2 is 0.741 bits per heavy atom. The van der Waals surface area contributed by atoms with Gasteiger partial charge in [0.1, 0.15) is 11.5 Å². The minimum atomic E-state index is -5.39. The fourth-order valence-electron chi connectivity index (χ4n) is 1.09. The second-order valence-electron chi connectivity index (χ2n) is 4.57. The van der Waals surface area contributed by atoms with E-state index in [9.17, 15) is 0 Å². The molecule has 2 rings (SSSR count). The zero-order valence-corrected chi connectivity index (χ0v) is 17.9. The molecule has 0 unspecified atom stereocenters. The van der Waals surface area contributed by atoms with E-state index in [1.807, 2.05) is 38.1 Å². The molecular weight excluding hydrogens is 486 g/mol. The summed E-state index contributed by atoms with van der Waals surface area (Å²) < 4.78 is 17.1. The molecule has 0 aromatic heterocycles. The predicted octanol–water partition coefficient (Wildman–Crippen LogP) is -2.25. The van der Waals surface area contributed by atoms with Crippen LogP contribution >= 0.6 is 15.6 Å². The second-order valence-corrected chi connectivity index (χ2v) is 6.35. The Kier molecular flexibility index (Phi) is 17.0. The van der Waals surface area contributed by atoms with Gasteiger partial charge in [-0.05, 0) is 38.1 Å². The average molecular weight is 502 g/mol. The molecule has 0 fully saturated rings. The molecule has 0 aliphatic carbocycles. The van der Waals surface area contributed by atoms with Crippen molar-refractivity contribution in [3.8, 4) is 11.5 Å². The van der Waals surface area contributed by atoms with Crippen LogP contribution in [0.15, 0.2) is 48.5 Å². The molecule has 0 bridgehead atoms. The van der Waals surface area contributed by atoms with Crippen molar-refractivity contribution in [3.05, 3.63) is 59.7 Å². The number of hydrogen-bond donors (Lipinski definition) is 2. The number of benzene rings is 2. The predicted molar refractivity (Wildman–Crippen MR) is 80.9 cm³/mol. The van der Waals surface area contributed by atoms with Gasteiger partial charge in [-0.1, -0.05) is 35.4 Å². The summed E-state index contributed by atoms with van der Waals surface area (Å²) in [5.41, 5.74) is 2.34. The largest absolute Gasteiger partial charge is 0.822 e. The number of aromatic hydroxyl groups is 2. The number of phenols is 2. The molecule has 0 heterocycles. The maximum Gasteiger partial charge on any atom is 0.115 e. The van der Waals surface area contributed by atoms with Crippen LogP contribution < -0.4 is 29.4 Å². The number of hydrogen-bond acceptors (Lipinski definition) is 10. The first-order chi connectivity index (χ1) is 11.6. The van der Waals surface area contributed by atoms with Gasteiger partial charge in [-0.25, -0.2) is 0 Å². The summed E-state index contributed by atoms with van der Waals surface area (Å²) in [5.74, 6) is 0.659. The van der Waals surface area contributed by atoms with Gasteiger partial charge in [0.15, 0.2) is 0 Å². The number of aryl methyl sites for hydroxylation is 2.